The van der Waals surface area contributed by atoms with Crippen molar-refractivity contribution in [2.45, 2.75) is 59.0 Å². The Bertz CT molecular complexity index is 678. The highest BCUT2D eigenvalue weighted by Crippen LogP contribution is 2.30. The molecule has 6 nitrogen and oxygen atoms in total. The number of nitrogens with zero attached hydrogens (tertiary/aromatic N) is 2. The van der Waals surface area contributed by atoms with E-state index in [0.29, 0.717) is 44.0 Å². The molecule has 0 unspecified atom stereocenters. The van der Waals surface area contributed by atoms with Gasteiger partial charge in [0.1, 0.15) is 12.0 Å². The number of ether oxygens (including phenoxy) is 1. The largest absolute Gasteiger partial charge is 0.381 e. The maximum absolute atomic E-state index is 13.6. The Morgan fingerprint density at radius 3 is 2.55 bits per heavy atom. The number of rotatable bonds is 6. The fourth-order valence-electron chi connectivity index (χ4n) is 3.82. The van der Waals surface area contributed by atoms with E-state index >= 15 is 0 Å². The average Bonchev–Trinajstić information content (AvgIpc) is 2.67. The second-order valence-electron chi connectivity index (χ2n) is 9.45. The second kappa shape index (κ2) is 9.74. The maximum atomic E-state index is 13.6. The van der Waals surface area contributed by atoms with E-state index in [-0.39, 0.29) is 11.3 Å². The summed E-state index contributed by atoms with van der Waals surface area (Å²) in [7, 11) is 0. The van der Waals surface area contributed by atoms with Gasteiger partial charge in [-0.2, -0.15) is 0 Å². The first-order chi connectivity index (χ1) is 13.8. The summed E-state index contributed by atoms with van der Waals surface area (Å²) in [4.78, 5) is 19.4. The van der Waals surface area contributed by atoms with E-state index in [1.165, 1.54) is 0 Å². The number of hydrogen-bond acceptors (Lipinski definition) is 5. The van der Waals surface area contributed by atoms with E-state index in [1.54, 1.807) is 0 Å². The number of anilines is 3. The van der Waals surface area contributed by atoms with E-state index in [0.717, 1.165) is 44.2 Å². The van der Waals surface area contributed by atoms with Crippen molar-refractivity contribution < 1.29 is 13.9 Å². The van der Waals surface area contributed by atoms with Crippen LogP contribution in [0.15, 0.2) is 12.1 Å². The molecule has 3 rings (SSSR count). The first-order valence-electron chi connectivity index (χ1n) is 10.8. The Morgan fingerprint density at radius 1 is 1.21 bits per heavy atom. The molecule has 0 atom stereocenters. The number of hydrogen-bond donors (Lipinski definition) is 2. The highest BCUT2D eigenvalue weighted by atomic mass is 19.1. The highest BCUT2D eigenvalue weighted by molar-refractivity contribution is 5.94. The van der Waals surface area contributed by atoms with Crippen molar-refractivity contribution in [2.75, 3.05) is 48.4 Å². The third-order valence-corrected chi connectivity index (χ3v) is 5.48. The Labute approximate surface area is 173 Å². The smallest absolute Gasteiger partial charge is 0.224 e. The van der Waals surface area contributed by atoms with Gasteiger partial charge in [-0.25, -0.2) is 9.37 Å². The molecule has 2 fully saturated rings. The molecule has 1 amide bonds. The van der Waals surface area contributed by atoms with E-state index in [2.05, 4.69) is 15.5 Å². The monoisotopic (exact) mass is 406 g/mol. The number of nitrogens with one attached hydrogen (secondary N) is 2. The molecule has 0 aromatic carbocycles. The van der Waals surface area contributed by atoms with Crippen molar-refractivity contribution in [1.82, 2.24) is 4.98 Å². The van der Waals surface area contributed by atoms with Gasteiger partial charge in [0.2, 0.25) is 5.91 Å². The van der Waals surface area contributed by atoms with Crippen LogP contribution in [-0.2, 0) is 9.53 Å². The summed E-state index contributed by atoms with van der Waals surface area (Å²) < 4.78 is 19.1. The predicted octanol–water partition coefficient (Wildman–Crippen LogP) is 4.23. The van der Waals surface area contributed by atoms with Gasteiger partial charge in [-0.3, -0.25) is 4.79 Å². The third-order valence-electron chi connectivity index (χ3n) is 5.48. The SMILES string of the molecule is CC(C)(C)CC(=O)Nc1ccc(NCC2CCOCC2)nc1N1CCC(F)CC1. The number of carbonyl (C=O) groups excluding carboxylic acids is 1. The number of aromatic nitrogens is 1. The van der Waals surface area contributed by atoms with Gasteiger partial charge in [0.25, 0.3) is 0 Å². The molecule has 162 valence electrons. The van der Waals surface area contributed by atoms with Crippen molar-refractivity contribution in [3.63, 3.8) is 0 Å². The van der Waals surface area contributed by atoms with Crippen LogP contribution in [0.5, 0.6) is 0 Å². The molecule has 0 aliphatic carbocycles. The molecule has 2 aliphatic heterocycles. The molecular weight excluding hydrogens is 371 g/mol. The zero-order valence-corrected chi connectivity index (χ0v) is 18.0. The van der Waals surface area contributed by atoms with Crippen LogP contribution in [0.2, 0.25) is 0 Å². The van der Waals surface area contributed by atoms with Gasteiger partial charge in [-0.15, -0.1) is 0 Å². The number of halogens is 1. The number of piperidine rings is 1. The molecule has 2 saturated heterocycles. The highest BCUT2D eigenvalue weighted by Gasteiger charge is 2.24. The minimum Gasteiger partial charge on any atom is -0.381 e. The summed E-state index contributed by atoms with van der Waals surface area (Å²) in [5.41, 5.74) is 0.614. The van der Waals surface area contributed by atoms with Crippen LogP contribution in [0.25, 0.3) is 0 Å². The first kappa shape index (κ1) is 21.8. The Hall–Kier alpha value is -1.89. The number of amides is 1. The van der Waals surface area contributed by atoms with Crippen LogP contribution in [0.4, 0.5) is 21.7 Å². The molecule has 2 N–H and O–H groups in total. The number of carbonyl (C=O) groups is 1. The van der Waals surface area contributed by atoms with E-state index in [9.17, 15) is 9.18 Å². The van der Waals surface area contributed by atoms with Crippen molar-refractivity contribution in [3.8, 4) is 0 Å². The van der Waals surface area contributed by atoms with Crippen molar-refractivity contribution >= 4 is 23.2 Å². The van der Waals surface area contributed by atoms with E-state index in [4.69, 9.17) is 9.72 Å². The zero-order valence-electron chi connectivity index (χ0n) is 18.0. The normalized spacial score (nSPS) is 19.2. The quantitative estimate of drug-likeness (QED) is 0.740. The summed E-state index contributed by atoms with van der Waals surface area (Å²) in [6, 6.07) is 3.83. The third kappa shape index (κ3) is 6.84. The van der Waals surface area contributed by atoms with Crippen LogP contribution < -0.4 is 15.5 Å². The molecule has 0 radical (unpaired) electrons. The average molecular weight is 407 g/mol. The predicted molar refractivity (Wildman–Crippen MR) is 115 cm³/mol. The number of pyridine rings is 1. The topological polar surface area (TPSA) is 66.5 Å². The van der Waals surface area contributed by atoms with Gasteiger partial charge in [0.05, 0.1) is 5.69 Å². The molecule has 1 aromatic heterocycles. The lowest BCUT2D eigenvalue weighted by Crippen LogP contribution is -2.36. The lowest BCUT2D eigenvalue weighted by Gasteiger charge is -2.31. The van der Waals surface area contributed by atoms with Gasteiger partial charge in [-0.05, 0) is 49.1 Å². The minimum atomic E-state index is -0.750. The van der Waals surface area contributed by atoms with Gasteiger partial charge in [0.15, 0.2) is 5.82 Å². The van der Waals surface area contributed by atoms with Gasteiger partial charge < -0.3 is 20.3 Å². The molecule has 3 heterocycles. The molecule has 1 aromatic rings. The van der Waals surface area contributed by atoms with Gasteiger partial charge in [-0.1, -0.05) is 20.8 Å². The first-order valence-corrected chi connectivity index (χ1v) is 10.8. The van der Waals surface area contributed by atoms with Crippen LogP contribution in [0.3, 0.4) is 0 Å². The molecular formula is C22H35FN4O2. The lowest BCUT2D eigenvalue weighted by molar-refractivity contribution is -0.117. The van der Waals surface area contributed by atoms with E-state index in [1.807, 2.05) is 32.9 Å². The molecule has 7 heteroatoms. The molecule has 2 aliphatic rings. The Morgan fingerprint density at radius 2 is 1.90 bits per heavy atom. The fraction of sp³-hybridized carbons (Fsp3) is 0.727. The van der Waals surface area contributed by atoms with Crippen molar-refractivity contribution in [3.05, 3.63) is 12.1 Å². The van der Waals surface area contributed by atoms with Crippen LogP contribution in [0.1, 0.15) is 52.9 Å². The molecule has 0 saturated carbocycles. The fourth-order valence-corrected chi connectivity index (χ4v) is 3.82. The lowest BCUT2D eigenvalue weighted by atomic mass is 9.92. The summed E-state index contributed by atoms with van der Waals surface area (Å²) in [6.07, 6.45) is 2.80. The Balaban J connectivity index is 1.72. The van der Waals surface area contributed by atoms with Crippen LogP contribution in [0, 0.1) is 11.3 Å². The molecule has 0 bridgehead atoms. The van der Waals surface area contributed by atoms with Crippen LogP contribution >= 0.6 is 0 Å². The summed E-state index contributed by atoms with van der Waals surface area (Å²) >= 11 is 0. The molecule has 29 heavy (non-hydrogen) atoms. The molecule has 0 spiro atoms. The zero-order chi connectivity index (χ0) is 20.9. The summed E-state index contributed by atoms with van der Waals surface area (Å²) in [5.74, 6) is 2.09. The van der Waals surface area contributed by atoms with Crippen molar-refractivity contribution in [2.24, 2.45) is 11.3 Å². The van der Waals surface area contributed by atoms with E-state index < -0.39 is 6.17 Å². The Kier molecular flexibility index (Phi) is 7.33. The summed E-state index contributed by atoms with van der Waals surface area (Å²) in [5, 5.41) is 6.47. The van der Waals surface area contributed by atoms with Crippen molar-refractivity contribution in [1.29, 1.82) is 0 Å². The summed E-state index contributed by atoms with van der Waals surface area (Å²) in [6.45, 7) is 9.85. The maximum Gasteiger partial charge on any atom is 0.224 e. The standard InChI is InChI=1S/C22H35FN4O2/c1-22(2,3)14-20(28)25-18-4-5-19(24-15-16-8-12-29-13-9-16)26-21(18)27-10-6-17(23)7-11-27/h4-5,16-17H,6-15H2,1-3H3,(H,24,26)(H,25,28). The number of alkyl halides is 1. The minimum absolute atomic E-state index is 0.0242. The second-order valence-corrected chi connectivity index (χ2v) is 9.45. The van der Waals surface area contributed by atoms with Gasteiger partial charge in [0, 0.05) is 39.3 Å². The van der Waals surface area contributed by atoms with Gasteiger partial charge >= 0.3 is 0 Å². The van der Waals surface area contributed by atoms with Crippen LogP contribution in [-0.4, -0.2) is 49.9 Å².